The number of carbonyl (C=O) groups is 1. The highest BCUT2D eigenvalue weighted by Gasteiger charge is 2.34. The fraction of sp³-hybridized carbons (Fsp3) is 0.500. The Morgan fingerprint density at radius 2 is 2.00 bits per heavy atom. The van der Waals surface area contributed by atoms with Crippen LogP contribution in [-0.2, 0) is 9.53 Å². The molecule has 1 saturated heterocycles. The van der Waals surface area contributed by atoms with Gasteiger partial charge in [-0.15, -0.1) is 0 Å². The molecular weight excluding hydrogens is 244 g/mol. The summed E-state index contributed by atoms with van der Waals surface area (Å²) in [5, 5.41) is 0. The lowest BCUT2D eigenvalue weighted by atomic mass is 9.95. The summed E-state index contributed by atoms with van der Waals surface area (Å²) in [4.78, 5) is 11.9. The molecular formula is C14H20N2O3. The van der Waals surface area contributed by atoms with Crippen LogP contribution in [0.1, 0.15) is 25.5 Å². The molecule has 0 amide bonds. The summed E-state index contributed by atoms with van der Waals surface area (Å²) in [6.07, 6.45) is 0. The fourth-order valence-corrected chi connectivity index (χ4v) is 2.22. The zero-order valence-electron chi connectivity index (χ0n) is 11.3. The van der Waals surface area contributed by atoms with E-state index >= 15 is 0 Å². The normalized spacial score (nSPS) is 22.2. The molecule has 1 aliphatic heterocycles. The summed E-state index contributed by atoms with van der Waals surface area (Å²) in [5.74, 6) is 0.474. The average molecular weight is 264 g/mol. The van der Waals surface area contributed by atoms with Crippen LogP contribution in [0.5, 0.6) is 5.75 Å². The van der Waals surface area contributed by atoms with Crippen LogP contribution in [0.15, 0.2) is 24.3 Å². The minimum atomic E-state index is -0.196. The van der Waals surface area contributed by atoms with E-state index in [2.05, 4.69) is 10.9 Å². The molecule has 19 heavy (non-hydrogen) atoms. The van der Waals surface area contributed by atoms with Crippen molar-refractivity contribution in [3.63, 3.8) is 0 Å². The first-order valence-corrected chi connectivity index (χ1v) is 6.64. The Balaban J connectivity index is 2.09. The second kappa shape index (κ2) is 6.54. The van der Waals surface area contributed by atoms with Crippen molar-refractivity contribution in [2.75, 3.05) is 19.8 Å². The van der Waals surface area contributed by atoms with Crippen LogP contribution in [-0.4, -0.2) is 25.7 Å². The number of ether oxygens (including phenoxy) is 2. The van der Waals surface area contributed by atoms with Crippen molar-refractivity contribution >= 4 is 5.97 Å². The van der Waals surface area contributed by atoms with E-state index in [4.69, 9.17) is 9.47 Å². The van der Waals surface area contributed by atoms with Crippen molar-refractivity contribution < 1.29 is 14.3 Å². The first-order chi connectivity index (χ1) is 9.26. The van der Waals surface area contributed by atoms with Crippen LogP contribution in [0.3, 0.4) is 0 Å². The monoisotopic (exact) mass is 264 g/mol. The van der Waals surface area contributed by atoms with Crippen LogP contribution in [0, 0.1) is 5.92 Å². The van der Waals surface area contributed by atoms with Gasteiger partial charge in [-0.05, 0) is 31.5 Å². The molecule has 2 unspecified atom stereocenters. The Morgan fingerprint density at radius 3 is 2.63 bits per heavy atom. The minimum Gasteiger partial charge on any atom is -0.494 e. The zero-order chi connectivity index (χ0) is 13.7. The van der Waals surface area contributed by atoms with E-state index < -0.39 is 0 Å². The van der Waals surface area contributed by atoms with Crippen LogP contribution in [0.4, 0.5) is 0 Å². The molecule has 1 fully saturated rings. The summed E-state index contributed by atoms with van der Waals surface area (Å²) < 4.78 is 10.5. The number of benzene rings is 1. The van der Waals surface area contributed by atoms with Gasteiger partial charge < -0.3 is 9.47 Å². The molecule has 1 heterocycles. The molecule has 0 spiro atoms. The van der Waals surface area contributed by atoms with E-state index in [9.17, 15) is 4.79 Å². The van der Waals surface area contributed by atoms with E-state index in [0.717, 1.165) is 11.3 Å². The SMILES string of the molecule is CCOC(=O)C1CNNC1c1ccc(OCC)cc1. The van der Waals surface area contributed by atoms with Crippen molar-refractivity contribution in [2.24, 2.45) is 5.92 Å². The van der Waals surface area contributed by atoms with Gasteiger partial charge >= 0.3 is 5.97 Å². The first kappa shape index (κ1) is 13.8. The third-order valence-electron chi connectivity index (χ3n) is 3.12. The van der Waals surface area contributed by atoms with Crippen molar-refractivity contribution in [1.29, 1.82) is 0 Å². The van der Waals surface area contributed by atoms with Gasteiger partial charge in [0.25, 0.3) is 0 Å². The van der Waals surface area contributed by atoms with E-state index in [-0.39, 0.29) is 17.9 Å². The third-order valence-corrected chi connectivity index (χ3v) is 3.12. The van der Waals surface area contributed by atoms with Gasteiger partial charge in [0.15, 0.2) is 0 Å². The van der Waals surface area contributed by atoms with E-state index in [1.807, 2.05) is 38.1 Å². The number of esters is 1. The smallest absolute Gasteiger partial charge is 0.312 e. The van der Waals surface area contributed by atoms with Gasteiger partial charge in [0.2, 0.25) is 0 Å². The van der Waals surface area contributed by atoms with Crippen LogP contribution >= 0.6 is 0 Å². The Bertz CT molecular complexity index is 419. The van der Waals surface area contributed by atoms with E-state index in [1.165, 1.54) is 0 Å². The maximum Gasteiger partial charge on any atom is 0.312 e. The summed E-state index contributed by atoms with van der Waals surface area (Å²) >= 11 is 0. The van der Waals surface area contributed by atoms with Crippen LogP contribution in [0.25, 0.3) is 0 Å². The highest BCUT2D eigenvalue weighted by atomic mass is 16.5. The predicted octanol–water partition coefficient (Wildman–Crippen LogP) is 1.41. The number of carbonyl (C=O) groups excluding carboxylic acids is 1. The Morgan fingerprint density at radius 1 is 1.26 bits per heavy atom. The lowest BCUT2D eigenvalue weighted by Crippen LogP contribution is -2.27. The summed E-state index contributed by atoms with van der Waals surface area (Å²) in [7, 11) is 0. The lowest BCUT2D eigenvalue weighted by Gasteiger charge is -2.17. The van der Waals surface area contributed by atoms with Crippen molar-refractivity contribution in [3.05, 3.63) is 29.8 Å². The lowest BCUT2D eigenvalue weighted by molar-refractivity contribution is -0.147. The molecule has 1 aromatic carbocycles. The molecule has 0 bridgehead atoms. The zero-order valence-corrected chi connectivity index (χ0v) is 11.3. The standard InChI is InChI=1S/C14H20N2O3/c1-3-18-11-7-5-10(6-8-11)13-12(9-15-16-13)14(17)19-4-2/h5-8,12-13,15-16H,3-4,9H2,1-2H3. The molecule has 0 radical (unpaired) electrons. The van der Waals surface area contributed by atoms with Gasteiger partial charge in [-0.2, -0.15) is 0 Å². The van der Waals surface area contributed by atoms with E-state index in [1.54, 1.807) is 0 Å². The second-order valence-electron chi connectivity index (χ2n) is 4.36. The van der Waals surface area contributed by atoms with Gasteiger partial charge in [0.05, 0.1) is 25.2 Å². The Kier molecular flexibility index (Phi) is 4.76. The number of rotatable bonds is 5. The van der Waals surface area contributed by atoms with Crippen molar-refractivity contribution in [3.8, 4) is 5.75 Å². The number of hydrogen-bond donors (Lipinski definition) is 2. The molecule has 5 nitrogen and oxygen atoms in total. The fourth-order valence-electron chi connectivity index (χ4n) is 2.22. The largest absolute Gasteiger partial charge is 0.494 e. The maximum atomic E-state index is 11.9. The molecule has 0 aromatic heterocycles. The molecule has 2 atom stereocenters. The molecule has 1 aliphatic rings. The van der Waals surface area contributed by atoms with E-state index in [0.29, 0.717) is 19.8 Å². The first-order valence-electron chi connectivity index (χ1n) is 6.64. The maximum absolute atomic E-state index is 11.9. The molecule has 1 aromatic rings. The van der Waals surface area contributed by atoms with Crippen LogP contribution < -0.4 is 15.6 Å². The summed E-state index contributed by atoms with van der Waals surface area (Å²) in [6, 6.07) is 7.72. The Labute approximate surface area is 113 Å². The quantitative estimate of drug-likeness (QED) is 0.788. The topological polar surface area (TPSA) is 59.6 Å². The molecule has 5 heteroatoms. The molecule has 0 saturated carbocycles. The third kappa shape index (κ3) is 3.24. The number of nitrogens with one attached hydrogen (secondary N) is 2. The van der Waals surface area contributed by atoms with Gasteiger partial charge in [-0.3, -0.25) is 10.2 Å². The molecule has 2 rings (SSSR count). The predicted molar refractivity (Wildman–Crippen MR) is 71.6 cm³/mol. The highest BCUT2D eigenvalue weighted by Crippen LogP contribution is 2.27. The number of hydrazine groups is 1. The second-order valence-corrected chi connectivity index (χ2v) is 4.36. The van der Waals surface area contributed by atoms with Crippen molar-refractivity contribution in [1.82, 2.24) is 10.9 Å². The van der Waals surface area contributed by atoms with Gasteiger partial charge in [-0.1, -0.05) is 12.1 Å². The molecule has 2 N–H and O–H groups in total. The van der Waals surface area contributed by atoms with Crippen molar-refractivity contribution in [2.45, 2.75) is 19.9 Å². The summed E-state index contributed by atoms with van der Waals surface area (Å²) in [5.41, 5.74) is 7.19. The minimum absolute atomic E-state index is 0.0604. The Hall–Kier alpha value is -1.59. The molecule has 104 valence electrons. The highest BCUT2D eigenvalue weighted by molar-refractivity contribution is 5.74. The van der Waals surface area contributed by atoms with Gasteiger partial charge in [-0.25, -0.2) is 5.43 Å². The summed E-state index contributed by atoms with van der Waals surface area (Å²) in [6.45, 7) is 5.41. The van der Waals surface area contributed by atoms with Gasteiger partial charge in [0, 0.05) is 6.54 Å². The molecule has 0 aliphatic carbocycles. The van der Waals surface area contributed by atoms with Crippen LogP contribution in [0.2, 0.25) is 0 Å². The van der Waals surface area contributed by atoms with Gasteiger partial charge in [0.1, 0.15) is 5.75 Å². The average Bonchev–Trinajstić information content (AvgIpc) is 2.89. The number of hydrogen-bond acceptors (Lipinski definition) is 5.